The number of benzene rings is 1. The topological polar surface area (TPSA) is 29.1 Å². The maximum Gasteiger partial charge on any atom is 0.141 e. The molecule has 0 aromatic heterocycles. The molecule has 0 amide bonds. The van der Waals surface area contributed by atoms with Crippen LogP contribution in [0.4, 0.5) is 4.39 Å². The van der Waals surface area contributed by atoms with Gasteiger partial charge < -0.3 is 5.32 Å². The summed E-state index contributed by atoms with van der Waals surface area (Å²) in [5.41, 5.74) is 0. The fourth-order valence-corrected chi connectivity index (χ4v) is 3.13. The van der Waals surface area contributed by atoms with Gasteiger partial charge in [0, 0.05) is 16.7 Å². The van der Waals surface area contributed by atoms with Crippen LogP contribution in [0.15, 0.2) is 23.1 Å². The van der Waals surface area contributed by atoms with Gasteiger partial charge in [0.25, 0.3) is 0 Å². The molecule has 0 aliphatic heterocycles. The van der Waals surface area contributed by atoms with Gasteiger partial charge >= 0.3 is 0 Å². The van der Waals surface area contributed by atoms with Crippen LogP contribution < -0.4 is 5.32 Å². The second-order valence-corrected chi connectivity index (χ2v) is 5.65. The summed E-state index contributed by atoms with van der Waals surface area (Å²) < 4.78 is 25.0. The number of nitrogens with one attached hydrogen (secondary N) is 1. The standard InChI is InChI=1S/C12H17ClFNOS/c1-3-9(15-4-2)8-17(16)10-5-6-12(14)11(13)7-10/h5-7,9,15H,3-4,8H2,1-2H3. The van der Waals surface area contributed by atoms with Crippen LogP contribution in [0.2, 0.25) is 5.02 Å². The highest BCUT2D eigenvalue weighted by Gasteiger charge is 2.12. The van der Waals surface area contributed by atoms with Gasteiger partial charge in [0.15, 0.2) is 0 Å². The maximum absolute atomic E-state index is 13.0. The fourth-order valence-electron chi connectivity index (χ4n) is 1.51. The molecule has 17 heavy (non-hydrogen) atoms. The van der Waals surface area contributed by atoms with Crippen LogP contribution in [0.5, 0.6) is 0 Å². The lowest BCUT2D eigenvalue weighted by atomic mass is 10.2. The van der Waals surface area contributed by atoms with E-state index in [9.17, 15) is 8.60 Å². The summed E-state index contributed by atoms with van der Waals surface area (Å²) in [5.74, 6) is 0.0397. The Balaban J connectivity index is 2.72. The zero-order valence-electron chi connectivity index (χ0n) is 10.0. The molecule has 1 aromatic rings. The minimum atomic E-state index is -1.15. The van der Waals surface area contributed by atoms with Crippen LogP contribution in [0.1, 0.15) is 20.3 Å². The van der Waals surface area contributed by atoms with Gasteiger partial charge in [-0.05, 0) is 31.2 Å². The summed E-state index contributed by atoms with van der Waals surface area (Å²) in [6, 6.07) is 4.43. The Morgan fingerprint density at radius 2 is 2.18 bits per heavy atom. The molecule has 1 rings (SSSR count). The van der Waals surface area contributed by atoms with Crippen LogP contribution in [-0.4, -0.2) is 22.5 Å². The summed E-state index contributed by atoms with van der Waals surface area (Å²) in [6.45, 7) is 4.91. The van der Waals surface area contributed by atoms with E-state index in [-0.39, 0.29) is 11.1 Å². The van der Waals surface area contributed by atoms with Crippen molar-refractivity contribution in [2.45, 2.75) is 31.2 Å². The van der Waals surface area contributed by atoms with Crippen LogP contribution in [-0.2, 0) is 10.8 Å². The summed E-state index contributed by atoms with van der Waals surface area (Å²) >= 11 is 5.66. The van der Waals surface area contributed by atoms with Crippen LogP contribution in [0, 0.1) is 5.82 Å². The van der Waals surface area contributed by atoms with Crippen molar-refractivity contribution in [1.82, 2.24) is 5.32 Å². The molecule has 0 aliphatic carbocycles. The first-order valence-corrected chi connectivity index (χ1v) is 7.35. The minimum Gasteiger partial charge on any atom is -0.313 e. The Hall–Kier alpha value is -0.450. The first-order valence-electron chi connectivity index (χ1n) is 5.65. The van der Waals surface area contributed by atoms with Crippen molar-refractivity contribution in [3.8, 4) is 0 Å². The average molecular weight is 278 g/mol. The lowest BCUT2D eigenvalue weighted by Gasteiger charge is -2.15. The van der Waals surface area contributed by atoms with E-state index in [1.807, 2.05) is 13.8 Å². The van der Waals surface area contributed by atoms with Gasteiger partial charge in [0.05, 0.1) is 15.8 Å². The Morgan fingerprint density at radius 1 is 1.47 bits per heavy atom. The highest BCUT2D eigenvalue weighted by atomic mass is 35.5. The Morgan fingerprint density at radius 3 is 2.71 bits per heavy atom. The number of rotatable bonds is 6. The van der Waals surface area contributed by atoms with Gasteiger partial charge in [0.2, 0.25) is 0 Å². The first-order chi connectivity index (χ1) is 8.08. The van der Waals surface area contributed by atoms with E-state index in [2.05, 4.69) is 5.32 Å². The molecule has 1 N–H and O–H groups in total. The lowest BCUT2D eigenvalue weighted by Crippen LogP contribution is -2.33. The second kappa shape index (κ2) is 7.09. The predicted octanol–water partition coefficient (Wildman–Crippen LogP) is 2.97. The number of hydrogen-bond donors (Lipinski definition) is 1. The van der Waals surface area contributed by atoms with Gasteiger partial charge in [-0.25, -0.2) is 4.39 Å². The average Bonchev–Trinajstić information content (AvgIpc) is 2.31. The molecule has 0 fully saturated rings. The molecule has 0 heterocycles. The van der Waals surface area contributed by atoms with Crippen molar-refractivity contribution >= 4 is 22.4 Å². The predicted molar refractivity (Wildman–Crippen MR) is 70.4 cm³/mol. The third-order valence-corrected chi connectivity index (χ3v) is 4.27. The molecule has 0 saturated heterocycles. The fraction of sp³-hybridized carbons (Fsp3) is 0.500. The number of hydrogen-bond acceptors (Lipinski definition) is 2. The van der Waals surface area contributed by atoms with E-state index in [1.54, 1.807) is 0 Å². The van der Waals surface area contributed by atoms with Crippen molar-refractivity contribution < 1.29 is 8.60 Å². The zero-order valence-corrected chi connectivity index (χ0v) is 11.6. The van der Waals surface area contributed by atoms with Gasteiger partial charge in [0.1, 0.15) is 5.82 Å². The largest absolute Gasteiger partial charge is 0.313 e. The molecule has 1 aromatic carbocycles. The molecule has 0 spiro atoms. The highest BCUT2D eigenvalue weighted by Crippen LogP contribution is 2.19. The normalized spacial score (nSPS) is 14.6. The van der Waals surface area contributed by atoms with Gasteiger partial charge in [-0.15, -0.1) is 0 Å². The molecular formula is C12H17ClFNOS. The van der Waals surface area contributed by atoms with E-state index in [0.717, 1.165) is 13.0 Å². The van der Waals surface area contributed by atoms with Crippen molar-refractivity contribution in [2.75, 3.05) is 12.3 Å². The van der Waals surface area contributed by atoms with Crippen LogP contribution in [0.3, 0.4) is 0 Å². The van der Waals surface area contributed by atoms with Crippen molar-refractivity contribution in [2.24, 2.45) is 0 Å². The van der Waals surface area contributed by atoms with E-state index < -0.39 is 16.6 Å². The molecule has 96 valence electrons. The van der Waals surface area contributed by atoms with Crippen LogP contribution in [0.25, 0.3) is 0 Å². The van der Waals surface area contributed by atoms with Crippen molar-refractivity contribution in [1.29, 1.82) is 0 Å². The van der Waals surface area contributed by atoms with Crippen molar-refractivity contribution in [3.05, 3.63) is 29.0 Å². The lowest BCUT2D eigenvalue weighted by molar-refractivity contribution is 0.553. The van der Waals surface area contributed by atoms with Crippen LogP contribution >= 0.6 is 11.6 Å². The summed E-state index contributed by atoms with van der Waals surface area (Å²) in [7, 11) is -1.15. The highest BCUT2D eigenvalue weighted by molar-refractivity contribution is 7.85. The minimum absolute atomic E-state index is 0.0207. The van der Waals surface area contributed by atoms with E-state index in [1.165, 1.54) is 18.2 Å². The summed E-state index contributed by atoms with van der Waals surface area (Å²) in [4.78, 5) is 0.577. The van der Waals surface area contributed by atoms with Gasteiger partial charge in [-0.1, -0.05) is 25.4 Å². The zero-order chi connectivity index (χ0) is 12.8. The number of halogens is 2. The third-order valence-electron chi connectivity index (χ3n) is 2.49. The Kier molecular flexibility index (Phi) is 6.09. The third kappa shape index (κ3) is 4.37. The molecule has 5 heteroatoms. The molecular weight excluding hydrogens is 261 g/mol. The quantitative estimate of drug-likeness (QED) is 0.866. The molecule has 2 atom stereocenters. The Labute approximate surface area is 109 Å². The molecule has 2 nitrogen and oxygen atoms in total. The van der Waals surface area contributed by atoms with Gasteiger partial charge in [-0.2, -0.15) is 0 Å². The maximum atomic E-state index is 13.0. The smallest absolute Gasteiger partial charge is 0.141 e. The van der Waals surface area contributed by atoms with Crippen molar-refractivity contribution in [3.63, 3.8) is 0 Å². The van der Waals surface area contributed by atoms with Gasteiger partial charge in [-0.3, -0.25) is 4.21 Å². The van der Waals surface area contributed by atoms with E-state index in [4.69, 9.17) is 11.6 Å². The molecule has 0 saturated carbocycles. The molecule has 0 radical (unpaired) electrons. The molecule has 2 unspecified atom stereocenters. The van der Waals surface area contributed by atoms with E-state index >= 15 is 0 Å². The van der Waals surface area contributed by atoms with E-state index in [0.29, 0.717) is 10.6 Å². The second-order valence-electron chi connectivity index (χ2n) is 3.75. The monoisotopic (exact) mass is 277 g/mol. The Bertz CT molecular complexity index is 400. The summed E-state index contributed by atoms with van der Waals surface area (Å²) in [6.07, 6.45) is 0.911. The molecule has 0 aliphatic rings. The first kappa shape index (κ1) is 14.6. The SMILES string of the molecule is CCNC(CC)CS(=O)c1ccc(F)c(Cl)c1. The molecule has 0 bridgehead atoms. The summed E-state index contributed by atoms with van der Waals surface area (Å²) in [5, 5.41) is 3.28.